The quantitative estimate of drug-likeness (QED) is 0.527. The van der Waals surface area contributed by atoms with Crippen LogP contribution < -0.4 is 15.4 Å². The monoisotopic (exact) mass is 472 g/mol. The van der Waals surface area contributed by atoms with Crippen molar-refractivity contribution in [2.24, 2.45) is 0 Å². The molecule has 0 spiro atoms. The van der Waals surface area contributed by atoms with Crippen LogP contribution in [0.15, 0.2) is 84.9 Å². The Morgan fingerprint density at radius 2 is 1.20 bits per heavy atom. The molecular weight excluding hydrogens is 440 g/mol. The summed E-state index contributed by atoms with van der Waals surface area (Å²) in [6.45, 7) is 4.38. The Bertz CT molecular complexity index is 1120. The zero-order valence-corrected chi connectivity index (χ0v) is 20.1. The molecular formula is C29H32N2O4. The van der Waals surface area contributed by atoms with Crippen LogP contribution in [0.5, 0.6) is 5.75 Å². The summed E-state index contributed by atoms with van der Waals surface area (Å²) in [6, 6.07) is 27.7. The van der Waals surface area contributed by atoms with E-state index in [2.05, 4.69) is 22.8 Å². The molecule has 2 amide bonds. The number of ether oxygens (including phenoxy) is 3. The third-order valence-electron chi connectivity index (χ3n) is 6.52. The molecule has 2 heterocycles. The summed E-state index contributed by atoms with van der Waals surface area (Å²) >= 11 is 0. The molecule has 2 aliphatic rings. The van der Waals surface area contributed by atoms with Crippen LogP contribution in [-0.4, -0.2) is 36.1 Å². The van der Waals surface area contributed by atoms with Gasteiger partial charge in [-0.2, -0.15) is 0 Å². The summed E-state index contributed by atoms with van der Waals surface area (Å²) < 4.78 is 18.6. The molecule has 2 aliphatic heterocycles. The second kappa shape index (κ2) is 10.1. The topological polar surface area (TPSA) is 68.8 Å². The van der Waals surface area contributed by atoms with Gasteiger partial charge in [0.25, 0.3) is 0 Å². The lowest BCUT2D eigenvalue weighted by molar-refractivity contribution is -0.150. The summed E-state index contributed by atoms with van der Waals surface area (Å²) in [5, 5.41) is 6.25. The highest BCUT2D eigenvalue weighted by Crippen LogP contribution is 2.34. The van der Waals surface area contributed by atoms with Gasteiger partial charge in [-0.05, 0) is 55.5 Å². The molecule has 0 saturated carbocycles. The zero-order valence-electron chi connectivity index (χ0n) is 20.1. The standard InChI is InChI=1S/C29H32N2O4/c1-29(2)34-26-24(17-20-9-5-3-6-10-20)30-28(32)31-25(27(26)35-29)18-21-13-15-23(16-14-21)33-19-22-11-7-4-8-12-22/h3-16,24-27H,17-19H2,1-2H3,(H2,30,31,32)/t24-,25-,26+,27+/m1/s1. The van der Waals surface area contributed by atoms with Crippen molar-refractivity contribution in [3.05, 3.63) is 102 Å². The molecule has 2 fully saturated rings. The lowest BCUT2D eigenvalue weighted by Gasteiger charge is -2.26. The first-order valence-electron chi connectivity index (χ1n) is 12.2. The molecule has 2 N–H and O–H groups in total. The van der Waals surface area contributed by atoms with Gasteiger partial charge in [0.2, 0.25) is 0 Å². The maximum Gasteiger partial charge on any atom is 0.315 e. The Labute approximate surface area is 206 Å². The van der Waals surface area contributed by atoms with E-state index >= 15 is 0 Å². The minimum atomic E-state index is -0.721. The van der Waals surface area contributed by atoms with Crippen LogP contribution in [0.2, 0.25) is 0 Å². The normalized spacial score (nSPS) is 25.1. The number of hydrogen-bond acceptors (Lipinski definition) is 4. The number of hydrogen-bond donors (Lipinski definition) is 2. The minimum Gasteiger partial charge on any atom is -0.489 e. The fraction of sp³-hybridized carbons (Fsp3) is 0.345. The predicted molar refractivity (Wildman–Crippen MR) is 134 cm³/mol. The largest absolute Gasteiger partial charge is 0.489 e. The molecule has 182 valence electrons. The zero-order chi connectivity index (χ0) is 24.3. The van der Waals surface area contributed by atoms with Gasteiger partial charge in [0.05, 0.1) is 12.1 Å². The van der Waals surface area contributed by atoms with Gasteiger partial charge < -0.3 is 24.8 Å². The lowest BCUT2D eigenvalue weighted by Crippen LogP contribution is -2.47. The van der Waals surface area contributed by atoms with Gasteiger partial charge in [-0.3, -0.25) is 0 Å². The molecule has 2 saturated heterocycles. The van der Waals surface area contributed by atoms with Gasteiger partial charge in [-0.15, -0.1) is 0 Å². The van der Waals surface area contributed by atoms with E-state index in [1.54, 1.807) is 0 Å². The molecule has 4 atom stereocenters. The summed E-state index contributed by atoms with van der Waals surface area (Å²) in [4.78, 5) is 12.8. The van der Waals surface area contributed by atoms with Crippen molar-refractivity contribution in [2.45, 2.75) is 63.4 Å². The fourth-order valence-electron chi connectivity index (χ4n) is 4.90. The van der Waals surface area contributed by atoms with E-state index in [9.17, 15) is 4.79 Å². The molecule has 0 aliphatic carbocycles. The number of carbonyl (C=O) groups is 1. The highest BCUT2D eigenvalue weighted by Gasteiger charge is 2.50. The van der Waals surface area contributed by atoms with E-state index < -0.39 is 5.79 Å². The molecule has 3 aromatic rings. The summed E-state index contributed by atoms with van der Waals surface area (Å²) in [7, 11) is 0. The summed E-state index contributed by atoms with van der Waals surface area (Å²) in [5.41, 5.74) is 3.37. The Morgan fingerprint density at radius 1 is 0.714 bits per heavy atom. The maximum absolute atomic E-state index is 12.8. The van der Waals surface area contributed by atoms with Gasteiger partial charge in [0.15, 0.2) is 5.79 Å². The first kappa shape index (κ1) is 23.4. The predicted octanol–water partition coefficient (Wildman–Crippen LogP) is 4.62. The SMILES string of the molecule is CC1(C)O[C@@H]2[C@@H](O1)[C@@H](Cc1ccc(OCc3ccccc3)cc1)NC(=O)N[C@@H]2Cc1ccccc1. The Kier molecular flexibility index (Phi) is 6.75. The van der Waals surface area contributed by atoms with Crippen molar-refractivity contribution in [1.29, 1.82) is 0 Å². The summed E-state index contributed by atoms with van der Waals surface area (Å²) in [5.74, 6) is 0.0908. The highest BCUT2D eigenvalue weighted by molar-refractivity contribution is 5.75. The van der Waals surface area contributed by atoms with Crippen LogP contribution in [0.1, 0.15) is 30.5 Å². The lowest BCUT2D eigenvalue weighted by atomic mass is 9.92. The van der Waals surface area contributed by atoms with Gasteiger partial charge in [0.1, 0.15) is 24.6 Å². The number of benzene rings is 3. The van der Waals surface area contributed by atoms with E-state index in [-0.39, 0.29) is 30.3 Å². The van der Waals surface area contributed by atoms with Crippen LogP contribution in [0.25, 0.3) is 0 Å². The van der Waals surface area contributed by atoms with E-state index in [0.29, 0.717) is 19.4 Å². The smallest absolute Gasteiger partial charge is 0.315 e. The molecule has 0 bridgehead atoms. The van der Waals surface area contributed by atoms with E-state index in [0.717, 1.165) is 22.4 Å². The maximum atomic E-state index is 12.8. The third kappa shape index (κ3) is 5.84. The molecule has 3 aromatic carbocycles. The minimum absolute atomic E-state index is 0.192. The fourth-order valence-corrected chi connectivity index (χ4v) is 4.90. The number of rotatable bonds is 7. The average Bonchev–Trinajstić information content (AvgIpc) is 3.14. The van der Waals surface area contributed by atoms with Crippen LogP contribution in [0.3, 0.4) is 0 Å². The number of carbonyl (C=O) groups excluding carboxylic acids is 1. The van der Waals surface area contributed by atoms with Gasteiger partial charge >= 0.3 is 6.03 Å². The van der Waals surface area contributed by atoms with E-state index in [4.69, 9.17) is 14.2 Å². The molecule has 5 rings (SSSR count). The second-order valence-electron chi connectivity index (χ2n) is 9.71. The van der Waals surface area contributed by atoms with Crippen molar-refractivity contribution < 1.29 is 19.0 Å². The second-order valence-corrected chi connectivity index (χ2v) is 9.71. The van der Waals surface area contributed by atoms with Crippen LogP contribution in [0, 0.1) is 0 Å². The molecule has 0 unspecified atom stereocenters. The van der Waals surface area contributed by atoms with Crippen molar-refractivity contribution in [3.8, 4) is 5.75 Å². The van der Waals surface area contributed by atoms with Crippen molar-refractivity contribution in [2.75, 3.05) is 0 Å². The number of urea groups is 1. The molecule has 6 nitrogen and oxygen atoms in total. The number of amides is 2. The summed E-state index contributed by atoms with van der Waals surface area (Å²) in [6.07, 6.45) is 0.773. The van der Waals surface area contributed by atoms with Crippen molar-refractivity contribution in [3.63, 3.8) is 0 Å². The van der Waals surface area contributed by atoms with E-state index in [1.807, 2.05) is 86.6 Å². The molecule has 0 aromatic heterocycles. The first-order valence-corrected chi connectivity index (χ1v) is 12.2. The Hall–Kier alpha value is -3.35. The van der Waals surface area contributed by atoms with Crippen molar-refractivity contribution in [1.82, 2.24) is 10.6 Å². The third-order valence-corrected chi connectivity index (χ3v) is 6.52. The Balaban J connectivity index is 1.29. The molecule has 6 heteroatoms. The molecule has 0 radical (unpaired) electrons. The van der Waals surface area contributed by atoms with Crippen LogP contribution >= 0.6 is 0 Å². The highest BCUT2D eigenvalue weighted by atomic mass is 16.8. The molecule has 35 heavy (non-hydrogen) atoms. The number of nitrogens with one attached hydrogen (secondary N) is 2. The van der Waals surface area contributed by atoms with Crippen molar-refractivity contribution >= 4 is 6.03 Å². The van der Waals surface area contributed by atoms with Crippen LogP contribution in [0.4, 0.5) is 4.79 Å². The van der Waals surface area contributed by atoms with Gasteiger partial charge in [-0.1, -0.05) is 72.8 Å². The van der Waals surface area contributed by atoms with E-state index in [1.165, 1.54) is 0 Å². The van der Waals surface area contributed by atoms with Gasteiger partial charge in [-0.25, -0.2) is 4.79 Å². The average molecular weight is 473 g/mol. The first-order chi connectivity index (χ1) is 16.9. The Morgan fingerprint density at radius 3 is 1.74 bits per heavy atom. The number of fused-ring (bicyclic) bond motifs is 1. The van der Waals surface area contributed by atoms with Gasteiger partial charge in [0, 0.05) is 0 Å². The van der Waals surface area contributed by atoms with Crippen LogP contribution in [-0.2, 0) is 28.9 Å².